The molecule has 0 aliphatic carbocycles. The predicted molar refractivity (Wildman–Crippen MR) is 117 cm³/mol. The van der Waals surface area contributed by atoms with Gasteiger partial charge >= 0.3 is 0 Å². The van der Waals surface area contributed by atoms with Crippen molar-refractivity contribution >= 4 is 66.8 Å². The van der Waals surface area contributed by atoms with Gasteiger partial charge in [-0.1, -0.05) is 30.0 Å². The molecule has 6 nitrogen and oxygen atoms in total. The Kier molecular flexibility index (Phi) is 4.57. The molecule has 5 rings (SSSR count). The summed E-state index contributed by atoms with van der Waals surface area (Å²) in [5.41, 5.74) is 2.97. The summed E-state index contributed by atoms with van der Waals surface area (Å²) in [5.74, 6) is 0.669. The Morgan fingerprint density at radius 2 is 2.07 bits per heavy atom. The number of methoxy groups -OCH3 is 1. The van der Waals surface area contributed by atoms with Gasteiger partial charge in [-0.25, -0.2) is 9.97 Å². The predicted octanol–water partition coefficient (Wildman–Crippen LogP) is 5.33. The average molecular weight is 422 g/mol. The Balaban J connectivity index is 1.39. The van der Waals surface area contributed by atoms with Crippen LogP contribution in [0, 0.1) is 0 Å². The maximum atomic E-state index is 12.6. The number of aromatic nitrogens is 2. The van der Waals surface area contributed by atoms with Gasteiger partial charge in [0.1, 0.15) is 28.3 Å². The van der Waals surface area contributed by atoms with Gasteiger partial charge in [0.25, 0.3) is 0 Å². The summed E-state index contributed by atoms with van der Waals surface area (Å²) in [6, 6.07) is 13.5. The van der Waals surface area contributed by atoms with E-state index in [2.05, 4.69) is 15.3 Å². The largest absolute Gasteiger partial charge is 0.495 e. The first-order valence-corrected chi connectivity index (χ1v) is 10.7. The molecule has 0 bridgehead atoms. The number of carbonyl (C=O) groups excluding carboxylic acids is 1. The van der Waals surface area contributed by atoms with Gasteiger partial charge in [0, 0.05) is 16.8 Å². The molecule has 1 amide bonds. The summed E-state index contributed by atoms with van der Waals surface area (Å²) >= 11 is 2.95. The van der Waals surface area contributed by atoms with Crippen molar-refractivity contribution in [2.24, 2.45) is 0 Å². The molecule has 0 radical (unpaired) electrons. The van der Waals surface area contributed by atoms with Gasteiger partial charge < -0.3 is 14.5 Å². The Hall–Kier alpha value is -3.10. The molecule has 0 fully saturated rings. The second kappa shape index (κ2) is 7.38. The van der Waals surface area contributed by atoms with Crippen LogP contribution in [0.25, 0.3) is 32.2 Å². The zero-order valence-corrected chi connectivity index (χ0v) is 17.0. The molecule has 3 aromatic heterocycles. The van der Waals surface area contributed by atoms with Crippen LogP contribution in [-0.4, -0.2) is 28.7 Å². The van der Waals surface area contributed by atoms with Crippen LogP contribution in [0.5, 0.6) is 5.75 Å². The van der Waals surface area contributed by atoms with Gasteiger partial charge in [-0.2, -0.15) is 0 Å². The van der Waals surface area contributed by atoms with Crippen molar-refractivity contribution in [2.75, 3.05) is 18.2 Å². The van der Waals surface area contributed by atoms with Crippen LogP contribution in [0.3, 0.4) is 0 Å². The quantitative estimate of drug-likeness (QED) is 0.305. The monoisotopic (exact) mass is 421 g/mol. The van der Waals surface area contributed by atoms with Crippen LogP contribution < -0.4 is 10.1 Å². The molecular weight excluding hydrogens is 406 g/mol. The number of nitrogens with one attached hydrogen (secondary N) is 1. The topological polar surface area (TPSA) is 77.2 Å². The fraction of sp³-hybridized carbons (Fsp3) is 0.0952. The maximum Gasteiger partial charge on any atom is 0.234 e. The van der Waals surface area contributed by atoms with Crippen molar-refractivity contribution < 1.29 is 13.9 Å². The summed E-state index contributed by atoms with van der Waals surface area (Å²) in [6.45, 7) is 0. The third kappa shape index (κ3) is 3.30. The summed E-state index contributed by atoms with van der Waals surface area (Å²) in [6.07, 6.45) is 1.52. The second-order valence-electron chi connectivity index (χ2n) is 6.30. The number of hydrogen-bond donors (Lipinski definition) is 1. The third-order valence-electron chi connectivity index (χ3n) is 4.52. The van der Waals surface area contributed by atoms with Gasteiger partial charge in [0.2, 0.25) is 5.91 Å². The van der Waals surface area contributed by atoms with Crippen molar-refractivity contribution in [1.29, 1.82) is 0 Å². The van der Waals surface area contributed by atoms with Crippen LogP contribution in [0.15, 0.2) is 63.6 Å². The first-order valence-electron chi connectivity index (χ1n) is 8.83. The lowest BCUT2D eigenvalue weighted by molar-refractivity contribution is -0.113. The van der Waals surface area contributed by atoms with Crippen molar-refractivity contribution in [3.8, 4) is 5.75 Å². The number of ether oxygens (including phenoxy) is 1. The molecule has 0 aliphatic rings. The van der Waals surface area contributed by atoms with Gasteiger partial charge in [-0.3, -0.25) is 4.79 Å². The number of thioether (sulfide) groups is 1. The minimum absolute atomic E-state index is 0.146. The van der Waals surface area contributed by atoms with E-state index < -0.39 is 0 Å². The molecular formula is C21H15N3O3S2. The summed E-state index contributed by atoms with van der Waals surface area (Å²) in [5, 5.41) is 7.66. The highest BCUT2D eigenvalue weighted by Crippen LogP contribution is 2.36. The van der Waals surface area contributed by atoms with Crippen LogP contribution in [-0.2, 0) is 4.79 Å². The fourth-order valence-corrected chi connectivity index (χ4v) is 4.95. The molecule has 0 saturated heterocycles. The van der Waals surface area contributed by atoms with Gasteiger partial charge in [-0.15, -0.1) is 11.3 Å². The average Bonchev–Trinajstić information content (AvgIpc) is 3.36. The molecule has 8 heteroatoms. The first-order chi connectivity index (χ1) is 14.2. The standard InChI is InChI=1S/C21H15N3O3S2/c1-26-18-8-13-12-4-2-3-5-16(12)27-17(13)9-15(18)24-19(25)10-29-21-20-14(6-7-28-20)22-11-23-21/h2-9,11H,10H2,1H3,(H,24,25). The SMILES string of the molecule is COc1cc2c(cc1NC(=O)CSc1ncnc3ccsc13)oc1ccccc12. The normalized spacial score (nSPS) is 11.3. The molecule has 3 heterocycles. The van der Waals surface area contributed by atoms with Crippen LogP contribution in [0.4, 0.5) is 5.69 Å². The van der Waals surface area contributed by atoms with Crippen LogP contribution >= 0.6 is 23.1 Å². The van der Waals surface area contributed by atoms with E-state index in [1.807, 2.05) is 41.8 Å². The van der Waals surface area contributed by atoms with E-state index in [1.54, 1.807) is 24.5 Å². The van der Waals surface area contributed by atoms with E-state index in [0.29, 0.717) is 17.0 Å². The van der Waals surface area contributed by atoms with E-state index >= 15 is 0 Å². The molecule has 0 saturated carbocycles. The summed E-state index contributed by atoms with van der Waals surface area (Å²) in [4.78, 5) is 21.1. The highest BCUT2D eigenvalue weighted by atomic mass is 32.2. The van der Waals surface area contributed by atoms with Crippen molar-refractivity contribution in [3.05, 3.63) is 54.2 Å². The number of rotatable bonds is 5. The number of hydrogen-bond acceptors (Lipinski definition) is 7. The Labute approximate surface area is 173 Å². The summed E-state index contributed by atoms with van der Waals surface area (Å²) in [7, 11) is 1.59. The lowest BCUT2D eigenvalue weighted by Gasteiger charge is -2.10. The number of anilines is 1. The van der Waals surface area contributed by atoms with Crippen LogP contribution in [0.1, 0.15) is 0 Å². The zero-order chi connectivity index (χ0) is 19.8. The number of para-hydroxylation sites is 1. The number of nitrogens with zero attached hydrogens (tertiary/aromatic N) is 2. The fourth-order valence-electron chi connectivity index (χ4n) is 3.21. The van der Waals surface area contributed by atoms with Crippen molar-refractivity contribution in [3.63, 3.8) is 0 Å². The number of thiophene rings is 1. The number of furan rings is 1. The van der Waals surface area contributed by atoms with Crippen molar-refractivity contribution in [2.45, 2.75) is 5.03 Å². The van der Waals surface area contributed by atoms with Crippen LogP contribution in [0.2, 0.25) is 0 Å². The number of benzene rings is 2. The Morgan fingerprint density at radius 1 is 1.17 bits per heavy atom. The van der Waals surface area contributed by atoms with Gasteiger partial charge in [0.15, 0.2) is 0 Å². The molecule has 2 aromatic carbocycles. The lowest BCUT2D eigenvalue weighted by Crippen LogP contribution is -2.14. The van der Waals surface area contributed by atoms with Crippen molar-refractivity contribution in [1.82, 2.24) is 9.97 Å². The number of carbonyl (C=O) groups is 1. The highest BCUT2D eigenvalue weighted by molar-refractivity contribution is 8.00. The second-order valence-corrected chi connectivity index (χ2v) is 8.18. The third-order valence-corrected chi connectivity index (χ3v) is 6.55. The van der Waals surface area contributed by atoms with Gasteiger partial charge in [-0.05, 0) is 23.6 Å². The van der Waals surface area contributed by atoms with E-state index in [9.17, 15) is 4.79 Å². The first kappa shape index (κ1) is 18.0. The Bertz CT molecular complexity index is 1360. The minimum Gasteiger partial charge on any atom is -0.495 e. The molecule has 1 N–H and O–H groups in total. The molecule has 0 unspecified atom stereocenters. The lowest BCUT2D eigenvalue weighted by atomic mass is 10.1. The van der Waals surface area contributed by atoms with E-state index in [0.717, 1.165) is 31.6 Å². The van der Waals surface area contributed by atoms with E-state index in [4.69, 9.17) is 9.15 Å². The molecule has 5 aromatic rings. The minimum atomic E-state index is -0.146. The highest BCUT2D eigenvalue weighted by Gasteiger charge is 2.15. The molecule has 0 spiro atoms. The number of amides is 1. The molecule has 0 aliphatic heterocycles. The zero-order valence-electron chi connectivity index (χ0n) is 15.3. The maximum absolute atomic E-state index is 12.6. The summed E-state index contributed by atoms with van der Waals surface area (Å²) < 4.78 is 12.4. The molecule has 29 heavy (non-hydrogen) atoms. The molecule has 0 atom stereocenters. The Morgan fingerprint density at radius 3 is 2.97 bits per heavy atom. The number of fused-ring (bicyclic) bond motifs is 4. The van der Waals surface area contributed by atoms with E-state index in [1.165, 1.54) is 18.1 Å². The smallest absolute Gasteiger partial charge is 0.234 e. The van der Waals surface area contributed by atoms with Gasteiger partial charge in [0.05, 0.1) is 28.8 Å². The van der Waals surface area contributed by atoms with E-state index in [-0.39, 0.29) is 11.7 Å². The molecule has 144 valence electrons.